The van der Waals surface area contributed by atoms with Crippen LogP contribution in [0, 0.1) is 0 Å². The Morgan fingerprint density at radius 2 is 1.68 bits per heavy atom. The smallest absolute Gasteiger partial charge is 0.165 e. The van der Waals surface area contributed by atoms with E-state index < -0.39 is 0 Å². The number of hydrogen-bond donors (Lipinski definition) is 1. The van der Waals surface area contributed by atoms with Gasteiger partial charge in [0.25, 0.3) is 0 Å². The highest BCUT2D eigenvalue weighted by molar-refractivity contribution is 9.10. The lowest BCUT2D eigenvalue weighted by Gasteiger charge is -2.21. The van der Waals surface area contributed by atoms with Crippen LogP contribution in [-0.4, -0.2) is 12.9 Å². The highest BCUT2D eigenvalue weighted by atomic mass is 79.9. The molecule has 0 saturated carbocycles. The minimum atomic E-state index is -0.259. The van der Waals surface area contributed by atoms with E-state index in [1.807, 2.05) is 30.3 Å². The Morgan fingerprint density at radius 3 is 2.29 bits per heavy atom. The molecule has 0 saturated heterocycles. The van der Waals surface area contributed by atoms with Gasteiger partial charge in [-0.3, -0.25) is 4.79 Å². The third-order valence-electron chi connectivity index (χ3n) is 4.33. The van der Waals surface area contributed by atoms with Gasteiger partial charge in [0.15, 0.2) is 5.78 Å². The fourth-order valence-electron chi connectivity index (χ4n) is 2.81. The predicted octanol–water partition coefficient (Wildman–Crippen LogP) is 7.19. The summed E-state index contributed by atoms with van der Waals surface area (Å²) >= 11 is 15.7. The van der Waals surface area contributed by atoms with Crippen molar-refractivity contribution in [3.63, 3.8) is 0 Å². The van der Waals surface area contributed by atoms with Crippen LogP contribution in [0.1, 0.15) is 28.4 Å². The Balaban J connectivity index is 1.86. The first-order valence-corrected chi connectivity index (χ1v) is 10.2. The van der Waals surface area contributed by atoms with E-state index in [0.717, 1.165) is 15.7 Å². The van der Waals surface area contributed by atoms with E-state index in [0.29, 0.717) is 21.4 Å². The standard InChI is InChI=1S/C22H18BrCl2NO2/c1-28-18-9-2-14(3-10-18)22(27)13-21(15-4-11-19(24)20(25)12-15)26-17-7-5-16(23)6-8-17/h2-12,21,26H,13H2,1H3. The van der Waals surface area contributed by atoms with Crippen molar-refractivity contribution in [1.29, 1.82) is 0 Å². The summed E-state index contributed by atoms with van der Waals surface area (Å²) in [5.41, 5.74) is 2.42. The van der Waals surface area contributed by atoms with E-state index in [2.05, 4.69) is 21.2 Å². The van der Waals surface area contributed by atoms with Crippen LogP contribution in [0.25, 0.3) is 0 Å². The fraction of sp³-hybridized carbons (Fsp3) is 0.136. The lowest BCUT2D eigenvalue weighted by molar-refractivity contribution is 0.0976. The number of hydrogen-bond acceptors (Lipinski definition) is 3. The topological polar surface area (TPSA) is 38.3 Å². The molecular formula is C22H18BrCl2NO2. The van der Waals surface area contributed by atoms with E-state index in [1.54, 1.807) is 43.5 Å². The molecule has 0 radical (unpaired) electrons. The zero-order chi connectivity index (χ0) is 20.1. The normalized spacial score (nSPS) is 11.7. The molecule has 0 aromatic heterocycles. The van der Waals surface area contributed by atoms with Crippen molar-refractivity contribution in [2.24, 2.45) is 0 Å². The predicted molar refractivity (Wildman–Crippen MR) is 119 cm³/mol. The Bertz CT molecular complexity index is 959. The first-order valence-electron chi connectivity index (χ1n) is 8.60. The zero-order valence-electron chi connectivity index (χ0n) is 15.1. The monoisotopic (exact) mass is 477 g/mol. The molecule has 0 amide bonds. The van der Waals surface area contributed by atoms with Crippen LogP contribution in [0.15, 0.2) is 71.2 Å². The molecule has 0 fully saturated rings. The highest BCUT2D eigenvalue weighted by Gasteiger charge is 2.18. The van der Waals surface area contributed by atoms with Crippen molar-refractivity contribution in [2.45, 2.75) is 12.5 Å². The van der Waals surface area contributed by atoms with Crippen LogP contribution in [0.4, 0.5) is 5.69 Å². The average Bonchev–Trinajstić information content (AvgIpc) is 2.71. The van der Waals surface area contributed by atoms with E-state index in [4.69, 9.17) is 27.9 Å². The maximum Gasteiger partial charge on any atom is 0.165 e. The maximum absolute atomic E-state index is 12.9. The Kier molecular flexibility index (Phi) is 7.00. The maximum atomic E-state index is 12.9. The van der Waals surface area contributed by atoms with Gasteiger partial charge in [-0.05, 0) is 66.2 Å². The van der Waals surface area contributed by atoms with Gasteiger partial charge in [0.05, 0.1) is 23.2 Å². The largest absolute Gasteiger partial charge is 0.497 e. The number of carbonyl (C=O) groups excluding carboxylic acids is 1. The average molecular weight is 479 g/mol. The molecule has 0 aliphatic carbocycles. The molecule has 0 aliphatic heterocycles. The third-order valence-corrected chi connectivity index (χ3v) is 5.60. The van der Waals surface area contributed by atoms with E-state index in [1.165, 1.54) is 0 Å². The SMILES string of the molecule is COc1ccc(C(=O)CC(Nc2ccc(Br)cc2)c2ccc(Cl)c(Cl)c2)cc1. The second kappa shape index (κ2) is 9.46. The van der Waals surface area contributed by atoms with Crippen LogP contribution < -0.4 is 10.1 Å². The highest BCUT2D eigenvalue weighted by Crippen LogP contribution is 2.30. The molecular weight excluding hydrogens is 461 g/mol. The summed E-state index contributed by atoms with van der Waals surface area (Å²) in [6, 6.07) is 20.1. The number of Topliss-reactive ketones (excluding diaryl/α,β-unsaturated/α-hetero) is 1. The zero-order valence-corrected chi connectivity index (χ0v) is 18.2. The summed E-state index contributed by atoms with van der Waals surface area (Å²) in [4.78, 5) is 12.9. The molecule has 144 valence electrons. The van der Waals surface area contributed by atoms with Crippen molar-refractivity contribution in [2.75, 3.05) is 12.4 Å². The molecule has 3 rings (SSSR count). The van der Waals surface area contributed by atoms with Crippen molar-refractivity contribution in [3.05, 3.63) is 92.4 Å². The van der Waals surface area contributed by atoms with Crippen molar-refractivity contribution in [3.8, 4) is 5.75 Å². The number of benzene rings is 3. The summed E-state index contributed by atoms with van der Waals surface area (Å²) in [5, 5.41) is 4.36. The number of ether oxygens (including phenoxy) is 1. The number of anilines is 1. The van der Waals surface area contributed by atoms with E-state index >= 15 is 0 Å². The molecule has 3 aromatic rings. The summed E-state index contributed by atoms with van der Waals surface area (Å²) in [7, 11) is 1.60. The quantitative estimate of drug-likeness (QED) is 0.365. The van der Waals surface area contributed by atoms with Crippen LogP contribution in [0.5, 0.6) is 5.75 Å². The first-order chi connectivity index (χ1) is 13.5. The fourth-order valence-corrected chi connectivity index (χ4v) is 3.38. The summed E-state index contributed by atoms with van der Waals surface area (Å²) < 4.78 is 6.14. The number of ketones is 1. The summed E-state index contributed by atoms with van der Waals surface area (Å²) in [6.07, 6.45) is 0.264. The third kappa shape index (κ3) is 5.28. The Morgan fingerprint density at radius 1 is 1.00 bits per heavy atom. The van der Waals surface area contributed by atoms with Crippen LogP contribution in [0.3, 0.4) is 0 Å². The van der Waals surface area contributed by atoms with Crippen molar-refractivity contribution >= 4 is 50.6 Å². The number of carbonyl (C=O) groups is 1. The summed E-state index contributed by atoms with van der Waals surface area (Å²) in [5.74, 6) is 0.730. The minimum Gasteiger partial charge on any atom is -0.497 e. The molecule has 0 spiro atoms. The molecule has 0 aliphatic rings. The first kappa shape index (κ1) is 20.7. The van der Waals surface area contributed by atoms with Gasteiger partial charge in [-0.15, -0.1) is 0 Å². The molecule has 0 bridgehead atoms. The Hall–Kier alpha value is -2.01. The molecule has 1 unspecified atom stereocenters. The van der Waals surface area contributed by atoms with Gasteiger partial charge >= 0.3 is 0 Å². The number of methoxy groups -OCH3 is 1. The number of nitrogens with one attached hydrogen (secondary N) is 1. The van der Waals surface area contributed by atoms with Gasteiger partial charge in [0.2, 0.25) is 0 Å². The molecule has 28 heavy (non-hydrogen) atoms. The van der Waals surface area contributed by atoms with Gasteiger partial charge in [-0.25, -0.2) is 0 Å². The molecule has 0 heterocycles. The Labute approximate surface area is 182 Å². The van der Waals surface area contributed by atoms with Crippen molar-refractivity contribution < 1.29 is 9.53 Å². The lowest BCUT2D eigenvalue weighted by atomic mass is 9.97. The molecule has 1 atom stereocenters. The minimum absolute atomic E-state index is 0.0170. The van der Waals surface area contributed by atoms with Gasteiger partial charge in [0.1, 0.15) is 5.75 Å². The molecule has 3 nitrogen and oxygen atoms in total. The van der Waals surface area contributed by atoms with Gasteiger partial charge in [-0.2, -0.15) is 0 Å². The van der Waals surface area contributed by atoms with Crippen LogP contribution in [0.2, 0.25) is 10.0 Å². The lowest BCUT2D eigenvalue weighted by Crippen LogP contribution is -2.16. The second-order valence-corrected chi connectivity index (χ2v) is 7.96. The van der Waals surface area contributed by atoms with E-state index in [-0.39, 0.29) is 18.2 Å². The van der Waals surface area contributed by atoms with Crippen LogP contribution in [-0.2, 0) is 0 Å². The van der Waals surface area contributed by atoms with E-state index in [9.17, 15) is 4.79 Å². The molecule has 6 heteroatoms. The van der Waals surface area contributed by atoms with Crippen molar-refractivity contribution in [1.82, 2.24) is 0 Å². The molecule has 3 aromatic carbocycles. The van der Waals surface area contributed by atoms with Gasteiger partial charge in [0, 0.05) is 22.1 Å². The number of halogens is 3. The number of rotatable bonds is 7. The van der Waals surface area contributed by atoms with Gasteiger partial charge in [-0.1, -0.05) is 45.2 Å². The summed E-state index contributed by atoms with van der Waals surface area (Å²) in [6.45, 7) is 0. The molecule has 1 N–H and O–H groups in total. The second-order valence-electron chi connectivity index (χ2n) is 6.23. The van der Waals surface area contributed by atoms with Gasteiger partial charge < -0.3 is 10.1 Å². The van der Waals surface area contributed by atoms with Crippen LogP contribution >= 0.6 is 39.1 Å².